The topological polar surface area (TPSA) is 39.7 Å². The van der Waals surface area contributed by atoms with Crippen molar-refractivity contribution in [3.05, 3.63) is 35.9 Å². The summed E-state index contributed by atoms with van der Waals surface area (Å²) in [7, 11) is 2.19. The molecule has 2 N–H and O–H groups in total. The Balaban J connectivity index is 1.69. The molecule has 0 bridgehead atoms. The number of aryl methyl sites for hydroxylation is 1. The molecular formula is C18H30N4. The van der Waals surface area contributed by atoms with Crippen molar-refractivity contribution in [2.75, 3.05) is 39.8 Å². The summed E-state index contributed by atoms with van der Waals surface area (Å²) < 4.78 is 0. The second-order valence-corrected chi connectivity index (χ2v) is 6.15. The van der Waals surface area contributed by atoms with E-state index in [4.69, 9.17) is 4.99 Å². The number of hydrogen-bond donors (Lipinski definition) is 2. The Kier molecular flexibility index (Phi) is 7.23. The molecule has 1 aromatic rings. The van der Waals surface area contributed by atoms with Crippen LogP contribution in [0.5, 0.6) is 0 Å². The quantitative estimate of drug-likeness (QED) is 0.460. The van der Waals surface area contributed by atoms with Gasteiger partial charge in [-0.05, 0) is 51.3 Å². The molecule has 1 atom stereocenters. The van der Waals surface area contributed by atoms with Gasteiger partial charge in [-0.15, -0.1) is 0 Å². The van der Waals surface area contributed by atoms with Crippen LogP contribution in [0.2, 0.25) is 0 Å². The van der Waals surface area contributed by atoms with Crippen LogP contribution in [0.25, 0.3) is 0 Å². The first-order valence-electron chi connectivity index (χ1n) is 8.52. The van der Waals surface area contributed by atoms with E-state index in [-0.39, 0.29) is 0 Å². The van der Waals surface area contributed by atoms with E-state index in [0.717, 1.165) is 38.4 Å². The Labute approximate surface area is 135 Å². The summed E-state index contributed by atoms with van der Waals surface area (Å²) >= 11 is 0. The van der Waals surface area contributed by atoms with Gasteiger partial charge in [0.1, 0.15) is 0 Å². The first-order valence-corrected chi connectivity index (χ1v) is 8.52. The molecule has 4 heteroatoms. The lowest BCUT2D eigenvalue weighted by molar-refractivity contribution is 0.397. The molecule has 1 saturated heterocycles. The van der Waals surface area contributed by atoms with Gasteiger partial charge >= 0.3 is 0 Å². The summed E-state index contributed by atoms with van der Waals surface area (Å²) in [6.45, 7) is 7.31. The van der Waals surface area contributed by atoms with Crippen LogP contribution in [0.3, 0.4) is 0 Å². The number of benzene rings is 1. The van der Waals surface area contributed by atoms with E-state index in [9.17, 15) is 0 Å². The first-order chi connectivity index (χ1) is 10.8. The molecule has 0 aromatic heterocycles. The third-order valence-electron chi connectivity index (χ3n) is 4.12. The maximum absolute atomic E-state index is 4.74. The van der Waals surface area contributed by atoms with Crippen molar-refractivity contribution in [2.45, 2.75) is 26.2 Å². The molecule has 1 unspecified atom stereocenters. The molecule has 0 amide bonds. The Hall–Kier alpha value is -1.55. The van der Waals surface area contributed by atoms with E-state index < -0.39 is 0 Å². The number of nitrogens with zero attached hydrogens (tertiary/aromatic N) is 2. The number of aliphatic imine (C=N–C) groups is 1. The second kappa shape index (κ2) is 9.46. The molecule has 0 aliphatic carbocycles. The standard InChI is InChI=1S/C18H30N4/c1-3-19-18(21-14-17-11-13-22(2)15-17)20-12-7-10-16-8-5-4-6-9-16/h4-6,8-9,17H,3,7,10-15H2,1-2H3,(H2,19,20,21). The summed E-state index contributed by atoms with van der Waals surface area (Å²) in [6.07, 6.45) is 3.51. The molecule has 0 radical (unpaired) electrons. The number of likely N-dealkylation sites (tertiary alicyclic amines) is 1. The highest BCUT2D eigenvalue weighted by atomic mass is 15.2. The summed E-state index contributed by atoms with van der Waals surface area (Å²) in [5.74, 6) is 1.68. The predicted molar refractivity (Wildman–Crippen MR) is 94.3 cm³/mol. The molecule has 1 aromatic carbocycles. The first kappa shape index (κ1) is 16.8. The molecule has 0 saturated carbocycles. The van der Waals surface area contributed by atoms with E-state index in [2.05, 4.69) is 59.8 Å². The smallest absolute Gasteiger partial charge is 0.191 e. The van der Waals surface area contributed by atoms with E-state index >= 15 is 0 Å². The molecule has 2 rings (SSSR count). The Morgan fingerprint density at radius 2 is 2.09 bits per heavy atom. The van der Waals surface area contributed by atoms with Crippen LogP contribution in [0.4, 0.5) is 0 Å². The van der Waals surface area contributed by atoms with Crippen molar-refractivity contribution in [3.63, 3.8) is 0 Å². The zero-order valence-electron chi connectivity index (χ0n) is 14.0. The fourth-order valence-corrected chi connectivity index (χ4v) is 2.88. The Morgan fingerprint density at radius 3 is 2.77 bits per heavy atom. The minimum Gasteiger partial charge on any atom is -0.357 e. The third-order valence-corrected chi connectivity index (χ3v) is 4.12. The predicted octanol–water partition coefficient (Wildman–Crippen LogP) is 2.13. The van der Waals surface area contributed by atoms with Gasteiger partial charge in [0.15, 0.2) is 5.96 Å². The molecule has 122 valence electrons. The van der Waals surface area contributed by atoms with Gasteiger partial charge in [0, 0.05) is 26.2 Å². The van der Waals surface area contributed by atoms with Gasteiger partial charge in [0.05, 0.1) is 0 Å². The van der Waals surface area contributed by atoms with Crippen molar-refractivity contribution in [2.24, 2.45) is 10.9 Å². The van der Waals surface area contributed by atoms with E-state index in [1.807, 2.05) is 0 Å². The summed E-state index contributed by atoms with van der Waals surface area (Å²) in [5, 5.41) is 6.79. The average Bonchev–Trinajstić information content (AvgIpc) is 2.95. The summed E-state index contributed by atoms with van der Waals surface area (Å²) in [6, 6.07) is 10.7. The van der Waals surface area contributed by atoms with E-state index in [1.165, 1.54) is 25.1 Å². The SMILES string of the molecule is CCNC(=NCC1CCN(C)C1)NCCCc1ccccc1. The number of hydrogen-bond acceptors (Lipinski definition) is 2. The monoisotopic (exact) mass is 302 g/mol. The Morgan fingerprint density at radius 1 is 1.27 bits per heavy atom. The number of guanidine groups is 1. The van der Waals surface area contributed by atoms with Gasteiger partial charge in [-0.25, -0.2) is 0 Å². The highest BCUT2D eigenvalue weighted by Gasteiger charge is 2.18. The van der Waals surface area contributed by atoms with Crippen LogP contribution in [0.1, 0.15) is 25.3 Å². The zero-order valence-corrected chi connectivity index (χ0v) is 14.0. The van der Waals surface area contributed by atoms with Gasteiger partial charge < -0.3 is 15.5 Å². The van der Waals surface area contributed by atoms with Crippen LogP contribution in [0.15, 0.2) is 35.3 Å². The van der Waals surface area contributed by atoms with Crippen LogP contribution in [-0.4, -0.2) is 50.6 Å². The second-order valence-electron chi connectivity index (χ2n) is 6.15. The molecular weight excluding hydrogens is 272 g/mol. The van der Waals surface area contributed by atoms with Gasteiger partial charge in [0.25, 0.3) is 0 Å². The van der Waals surface area contributed by atoms with E-state index in [1.54, 1.807) is 0 Å². The van der Waals surface area contributed by atoms with Gasteiger partial charge in [0.2, 0.25) is 0 Å². The third kappa shape index (κ3) is 6.06. The lowest BCUT2D eigenvalue weighted by Crippen LogP contribution is -2.38. The van der Waals surface area contributed by atoms with Gasteiger partial charge in [-0.3, -0.25) is 4.99 Å². The summed E-state index contributed by atoms with van der Waals surface area (Å²) in [4.78, 5) is 7.13. The minimum atomic E-state index is 0.713. The molecule has 1 heterocycles. The molecule has 1 fully saturated rings. The van der Waals surface area contributed by atoms with Crippen LogP contribution in [-0.2, 0) is 6.42 Å². The molecule has 4 nitrogen and oxygen atoms in total. The van der Waals surface area contributed by atoms with Crippen molar-refractivity contribution < 1.29 is 0 Å². The number of rotatable bonds is 7. The highest BCUT2D eigenvalue weighted by molar-refractivity contribution is 5.79. The zero-order chi connectivity index (χ0) is 15.6. The van der Waals surface area contributed by atoms with Crippen molar-refractivity contribution in [3.8, 4) is 0 Å². The van der Waals surface area contributed by atoms with E-state index in [0.29, 0.717) is 5.92 Å². The lowest BCUT2D eigenvalue weighted by Gasteiger charge is -2.13. The molecule has 1 aliphatic heterocycles. The average molecular weight is 302 g/mol. The van der Waals surface area contributed by atoms with Crippen LogP contribution >= 0.6 is 0 Å². The number of nitrogens with one attached hydrogen (secondary N) is 2. The maximum Gasteiger partial charge on any atom is 0.191 e. The van der Waals surface area contributed by atoms with Gasteiger partial charge in [-0.2, -0.15) is 0 Å². The normalized spacial score (nSPS) is 19.4. The Bertz CT molecular complexity index is 444. The fourth-order valence-electron chi connectivity index (χ4n) is 2.88. The highest BCUT2D eigenvalue weighted by Crippen LogP contribution is 2.14. The van der Waals surface area contributed by atoms with Crippen LogP contribution in [0, 0.1) is 5.92 Å². The molecule has 22 heavy (non-hydrogen) atoms. The molecule has 1 aliphatic rings. The lowest BCUT2D eigenvalue weighted by atomic mass is 10.1. The van der Waals surface area contributed by atoms with Crippen LogP contribution < -0.4 is 10.6 Å². The maximum atomic E-state index is 4.74. The largest absolute Gasteiger partial charge is 0.357 e. The van der Waals surface area contributed by atoms with Crippen molar-refractivity contribution in [1.82, 2.24) is 15.5 Å². The molecule has 0 spiro atoms. The van der Waals surface area contributed by atoms with Crippen molar-refractivity contribution in [1.29, 1.82) is 0 Å². The van der Waals surface area contributed by atoms with Gasteiger partial charge in [-0.1, -0.05) is 30.3 Å². The van der Waals surface area contributed by atoms with Crippen molar-refractivity contribution >= 4 is 5.96 Å². The minimum absolute atomic E-state index is 0.713. The fraction of sp³-hybridized carbons (Fsp3) is 0.611. The summed E-state index contributed by atoms with van der Waals surface area (Å²) in [5.41, 5.74) is 1.40.